The van der Waals surface area contributed by atoms with Crippen molar-refractivity contribution in [3.8, 4) is 0 Å². The van der Waals surface area contributed by atoms with Gasteiger partial charge in [-0.1, -0.05) is 0 Å². The van der Waals surface area contributed by atoms with Gasteiger partial charge >= 0.3 is 11.9 Å². The van der Waals surface area contributed by atoms with E-state index in [1.165, 1.54) is 0 Å². The minimum Gasteiger partial charge on any atom is -0.481 e. The lowest BCUT2D eigenvalue weighted by atomic mass is 10.1. The molecule has 2 atom stereocenters. The van der Waals surface area contributed by atoms with E-state index in [-0.39, 0.29) is 12.8 Å². The number of nitrogens with two attached hydrogens (primary N) is 1. The van der Waals surface area contributed by atoms with E-state index in [4.69, 9.17) is 15.9 Å². The molecule has 0 rings (SSSR count). The van der Waals surface area contributed by atoms with Crippen LogP contribution in [0.2, 0.25) is 0 Å². The Kier molecular flexibility index (Phi) is 5.01. The number of carboxylic acids is 2. The zero-order valence-electron chi connectivity index (χ0n) is 7.36. The zero-order valence-corrected chi connectivity index (χ0v) is 7.36. The molecule has 0 bridgehead atoms. The Balaban J connectivity index is 3.95. The van der Waals surface area contributed by atoms with E-state index in [0.717, 1.165) is 0 Å². The number of aliphatic carboxylic acids is 2. The molecule has 2 unspecified atom stereocenters. The SMILES string of the molecule is CC(N)NC(CCC(=O)O)C(=O)O. The summed E-state index contributed by atoms with van der Waals surface area (Å²) in [6, 6.07) is -0.893. The third-order valence-corrected chi connectivity index (χ3v) is 1.41. The molecular weight excluding hydrogens is 176 g/mol. The highest BCUT2D eigenvalue weighted by Gasteiger charge is 2.18. The lowest BCUT2D eigenvalue weighted by molar-refractivity contribution is -0.140. The number of rotatable bonds is 6. The topological polar surface area (TPSA) is 113 Å². The van der Waals surface area contributed by atoms with E-state index in [1.807, 2.05) is 0 Å². The first-order chi connectivity index (χ1) is 5.93. The fraction of sp³-hybridized carbons (Fsp3) is 0.714. The maximum Gasteiger partial charge on any atom is 0.320 e. The molecule has 0 aliphatic rings. The predicted octanol–water partition coefficient (Wildman–Crippen LogP) is -0.801. The first-order valence-corrected chi connectivity index (χ1v) is 3.89. The standard InChI is InChI=1S/C7H14N2O4/c1-4(8)9-5(7(12)13)2-3-6(10)11/h4-5,9H,2-3,8H2,1H3,(H,10,11)(H,12,13). The van der Waals surface area contributed by atoms with Crippen molar-refractivity contribution in [2.75, 3.05) is 0 Å². The Labute approximate surface area is 75.7 Å². The summed E-state index contributed by atoms with van der Waals surface area (Å²) >= 11 is 0. The third kappa shape index (κ3) is 6.06. The number of carboxylic acid groups (broad SMARTS) is 2. The van der Waals surface area contributed by atoms with Gasteiger partial charge in [-0.25, -0.2) is 0 Å². The summed E-state index contributed by atoms with van der Waals surface area (Å²) in [4.78, 5) is 20.7. The smallest absolute Gasteiger partial charge is 0.320 e. The van der Waals surface area contributed by atoms with Gasteiger partial charge in [-0.05, 0) is 13.3 Å². The van der Waals surface area contributed by atoms with Gasteiger partial charge in [0.2, 0.25) is 0 Å². The van der Waals surface area contributed by atoms with Crippen molar-refractivity contribution >= 4 is 11.9 Å². The van der Waals surface area contributed by atoms with Gasteiger partial charge in [-0.2, -0.15) is 0 Å². The molecule has 0 fully saturated rings. The Morgan fingerprint density at radius 2 is 2.00 bits per heavy atom. The normalized spacial score (nSPS) is 14.9. The molecule has 0 aromatic rings. The summed E-state index contributed by atoms with van der Waals surface area (Å²) in [5, 5.41) is 19.5. The number of hydrogen-bond donors (Lipinski definition) is 4. The molecule has 0 amide bonds. The molecule has 0 spiro atoms. The van der Waals surface area contributed by atoms with Crippen LogP contribution in [0.3, 0.4) is 0 Å². The van der Waals surface area contributed by atoms with Crippen LogP contribution in [0.25, 0.3) is 0 Å². The van der Waals surface area contributed by atoms with Crippen molar-refractivity contribution < 1.29 is 19.8 Å². The second-order valence-electron chi connectivity index (χ2n) is 2.78. The maximum absolute atomic E-state index is 10.5. The Morgan fingerprint density at radius 3 is 2.31 bits per heavy atom. The number of nitrogens with one attached hydrogen (secondary N) is 1. The molecular formula is C7H14N2O4. The van der Waals surface area contributed by atoms with Gasteiger partial charge < -0.3 is 15.9 Å². The lowest BCUT2D eigenvalue weighted by Crippen LogP contribution is -2.46. The molecule has 0 aliphatic carbocycles. The van der Waals surface area contributed by atoms with Crippen LogP contribution in [0.15, 0.2) is 0 Å². The molecule has 0 heterocycles. The number of hydrogen-bond acceptors (Lipinski definition) is 4. The van der Waals surface area contributed by atoms with Crippen LogP contribution in [0, 0.1) is 0 Å². The van der Waals surface area contributed by atoms with Crippen molar-refractivity contribution in [2.45, 2.75) is 32.0 Å². The number of carbonyl (C=O) groups is 2. The summed E-state index contributed by atoms with van der Waals surface area (Å²) in [5.41, 5.74) is 5.32. The Bertz CT molecular complexity index is 193. The molecule has 6 heteroatoms. The molecule has 0 aromatic carbocycles. The van der Waals surface area contributed by atoms with Crippen LogP contribution in [0.5, 0.6) is 0 Å². The van der Waals surface area contributed by atoms with Crippen LogP contribution in [0.1, 0.15) is 19.8 Å². The van der Waals surface area contributed by atoms with Crippen LogP contribution in [-0.4, -0.2) is 34.4 Å². The fourth-order valence-corrected chi connectivity index (χ4v) is 0.863. The Hall–Kier alpha value is -1.14. The highest BCUT2D eigenvalue weighted by atomic mass is 16.4. The van der Waals surface area contributed by atoms with E-state index in [0.29, 0.717) is 0 Å². The third-order valence-electron chi connectivity index (χ3n) is 1.41. The predicted molar refractivity (Wildman–Crippen MR) is 45.1 cm³/mol. The van der Waals surface area contributed by atoms with E-state index >= 15 is 0 Å². The van der Waals surface area contributed by atoms with E-state index in [9.17, 15) is 9.59 Å². The minimum absolute atomic E-state index is 0.0339. The molecule has 0 radical (unpaired) electrons. The van der Waals surface area contributed by atoms with Gasteiger partial charge in [0.05, 0.1) is 6.17 Å². The average molecular weight is 190 g/mol. The summed E-state index contributed by atoms with van der Waals surface area (Å²) < 4.78 is 0. The van der Waals surface area contributed by atoms with Gasteiger partial charge in [0.25, 0.3) is 0 Å². The van der Waals surface area contributed by atoms with Crippen molar-refractivity contribution in [3.05, 3.63) is 0 Å². The monoisotopic (exact) mass is 190 g/mol. The van der Waals surface area contributed by atoms with Gasteiger partial charge in [-0.15, -0.1) is 0 Å². The van der Waals surface area contributed by atoms with Gasteiger partial charge in [0, 0.05) is 6.42 Å². The van der Waals surface area contributed by atoms with Crippen LogP contribution < -0.4 is 11.1 Å². The van der Waals surface area contributed by atoms with Crippen LogP contribution in [-0.2, 0) is 9.59 Å². The highest BCUT2D eigenvalue weighted by molar-refractivity contribution is 5.75. The first kappa shape index (κ1) is 11.9. The molecule has 76 valence electrons. The molecule has 0 saturated heterocycles. The zero-order chi connectivity index (χ0) is 10.4. The van der Waals surface area contributed by atoms with Crippen molar-refractivity contribution in [3.63, 3.8) is 0 Å². The molecule has 13 heavy (non-hydrogen) atoms. The second-order valence-corrected chi connectivity index (χ2v) is 2.78. The van der Waals surface area contributed by atoms with Crippen molar-refractivity contribution in [1.29, 1.82) is 0 Å². The minimum atomic E-state index is -1.08. The van der Waals surface area contributed by atoms with Crippen LogP contribution in [0.4, 0.5) is 0 Å². The van der Waals surface area contributed by atoms with Gasteiger partial charge in [0.1, 0.15) is 6.04 Å². The molecule has 5 N–H and O–H groups in total. The second kappa shape index (κ2) is 5.50. The molecule has 0 aromatic heterocycles. The summed E-state index contributed by atoms with van der Waals surface area (Å²) in [6.07, 6.45) is -0.613. The van der Waals surface area contributed by atoms with Crippen molar-refractivity contribution in [1.82, 2.24) is 5.32 Å². The van der Waals surface area contributed by atoms with E-state index in [1.54, 1.807) is 6.92 Å². The largest absolute Gasteiger partial charge is 0.481 e. The first-order valence-electron chi connectivity index (χ1n) is 3.89. The molecule has 6 nitrogen and oxygen atoms in total. The quantitative estimate of drug-likeness (QED) is 0.408. The van der Waals surface area contributed by atoms with Gasteiger partial charge in [-0.3, -0.25) is 14.9 Å². The molecule has 0 saturated carbocycles. The van der Waals surface area contributed by atoms with Crippen molar-refractivity contribution in [2.24, 2.45) is 5.73 Å². The average Bonchev–Trinajstić information content (AvgIpc) is 1.96. The van der Waals surface area contributed by atoms with Crippen LogP contribution >= 0.6 is 0 Å². The molecule has 0 aliphatic heterocycles. The van der Waals surface area contributed by atoms with E-state index in [2.05, 4.69) is 5.32 Å². The fourth-order valence-electron chi connectivity index (χ4n) is 0.863. The maximum atomic E-state index is 10.5. The van der Waals surface area contributed by atoms with Gasteiger partial charge in [0.15, 0.2) is 0 Å². The highest BCUT2D eigenvalue weighted by Crippen LogP contribution is 1.98. The lowest BCUT2D eigenvalue weighted by Gasteiger charge is -2.15. The van der Waals surface area contributed by atoms with E-state index < -0.39 is 24.1 Å². The summed E-state index contributed by atoms with van der Waals surface area (Å²) in [7, 11) is 0. The summed E-state index contributed by atoms with van der Waals surface area (Å²) in [6.45, 7) is 1.59. The summed E-state index contributed by atoms with van der Waals surface area (Å²) in [5.74, 6) is -2.10. The Morgan fingerprint density at radius 1 is 1.46 bits per heavy atom.